The van der Waals surface area contributed by atoms with Gasteiger partial charge < -0.3 is 9.15 Å². The number of rotatable bonds is 5. The van der Waals surface area contributed by atoms with Gasteiger partial charge in [0, 0.05) is 24.7 Å². The van der Waals surface area contributed by atoms with Crippen molar-refractivity contribution in [2.75, 3.05) is 0 Å². The number of hydrogen-bond donors (Lipinski definition) is 0. The van der Waals surface area contributed by atoms with Crippen LogP contribution >= 0.6 is 0 Å². The highest BCUT2D eigenvalue weighted by Crippen LogP contribution is 2.33. The van der Waals surface area contributed by atoms with Gasteiger partial charge in [0.15, 0.2) is 0 Å². The van der Waals surface area contributed by atoms with Crippen molar-refractivity contribution in [1.82, 2.24) is 20.2 Å². The summed E-state index contributed by atoms with van der Waals surface area (Å²) in [4.78, 5) is 8.45. The summed E-state index contributed by atoms with van der Waals surface area (Å²) >= 11 is 0. The van der Waals surface area contributed by atoms with Crippen LogP contribution in [0.15, 0.2) is 65.3 Å². The zero-order chi connectivity index (χ0) is 20.4. The summed E-state index contributed by atoms with van der Waals surface area (Å²) < 4.78 is 11.1. The molecule has 2 aromatic carbocycles. The number of ether oxygens (including phenoxy) is 1. The fourth-order valence-electron chi connectivity index (χ4n) is 3.07. The Kier molecular flexibility index (Phi) is 4.84. The molecule has 29 heavy (non-hydrogen) atoms. The Balaban J connectivity index is 1.48. The molecule has 0 bridgehead atoms. The average Bonchev–Trinajstić information content (AvgIpc) is 3.16. The zero-order valence-corrected chi connectivity index (χ0v) is 16.9. The Morgan fingerprint density at radius 1 is 0.793 bits per heavy atom. The van der Waals surface area contributed by atoms with Crippen LogP contribution in [-0.4, -0.2) is 20.2 Å². The van der Waals surface area contributed by atoms with Crippen molar-refractivity contribution in [2.24, 2.45) is 0 Å². The third-order valence-electron chi connectivity index (χ3n) is 4.96. The maximum atomic E-state index is 5.77. The molecule has 0 saturated carbocycles. The van der Waals surface area contributed by atoms with Gasteiger partial charge in [0.1, 0.15) is 5.75 Å². The van der Waals surface area contributed by atoms with Crippen LogP contribution in [0.1, 0.15) is 36.4 Å². The van der Waals surface area contributed by atoms with Gasteiger partial charge in [-0.25, -0.2) is 9.97 Å². The summed E-state index contributed by atoms with van der Waals surface area (Å²) in [6.45, 7) is 8.27. The number of aryl methyl sites for hydroxylation is 2. The lowest BCUT2D eigenvalue weighted by atomic mass is 9.78. The molecule has 0 aliphatic rings. The second-order valence-corrected chi connectivity index (χ2v) is 7.50. The first-order valence-electron chi connectivity index (χ1n) is 9.40. The van der Waals surface area contributed by atoms with Crippen molar-refractivity contribution >= 4 is 0 Å². The molecule has 0 N–H and O–H groups in total. The molecule has 0 aliphatic heterocycles. The van der Waals surface area contributed by atoms with E-state index in [9.17, 15) is 0 Å². The highest BCUT2D eigenvalue weighted by atomic mass is 16.5. The van der Waals surface area contributed by atoms with Gasteiger partial charge in [-0.3, -0.25) is 0 Å². The fourth-order valence-corrected chi connectivity index (χ4v) is 3.07. The summed E-state index contributed by atoms with van der Waals surface area (Å²) in [6.07, 6.45) is 3.20. The Morgan fingerprint density at radius 3 is 1.93 bits per heavy atom. The van der Waals surface area contributed by atoms with E-state index in [1.807, 2.05) is 12.1 Å². The third kappa shape index (κ3) is 4.01. The quantitative estimate of drug-likeness (QED) is 0.466. The SMILES string of the molecule is Cc1ccc(C(C)(C)c2ccc(Oc3ncc(-c4nnc(C)o4)cn3)cc2)cc1. The topological polar surface area (TPSA) is 73.9 Å². The third-order valence-corrected chi connectivity index (χ3v) is 4.96. The molecule has 0 amide bonds. The lowest BCUT2D eigenvalue weighted by Crippen LogP contribution is -2.18. The molecule has 2 heterocycles. The minimum Gasteiger partial charge on any atom is -0.424 e. The molecule has 0 fully saturated rings. The normalized spacial score (nSPS) is 11.4. The number of aromatic nitrogens is 4. The zero-order valence-electron chi connectivity index (χ0n) is 16.9. The Hall–Kier alpha value is -3.54. The maximum absolute atomic E-state index is 5.77. The number of hydrogen-bond acceptors (Lipinski definition) is 6. The molecular formula is C23H22N4O2. The van der Waals surface area contributed by atoms with E-state index in [0.717, 1.165) is 0 Å². The first-order chi connectivity index (χ1) is 13.9. The summed E-state index contributed by atoms with van der Waals surface area (Å²) in [5, 5.41) is 7.76. The van der Waals surface area contributed by atoms with Crippen LogP contribution in [0.5, 0.6) is 11.8 Å². The molecule has 4 aromatic rings. The predicted molar refractivity (Wildman–Crippen MR) is 110 cm³/mol. The van der Waals surface area contributed by atoms with E-state index in [2.05, 4.69) is 77.3 Å². The lowest BCUT2D eigenvalue weighted by Gasteiger charge is -2.26. The number of benzene rings is 2. The largest absolute Gasteiger partial charge is 0.424 e. The Morgan fingerprint density at radius 2 is 1.38 bits per heavy atom. The van der Waals surface area contributed by atoms with Gasteiger partial charge in [-0.05, 0) is 30.2 Å². The van der Waals surface area contributed by atoms with E-state index < -0.39 is 0 Å². The average molecular weight is 386 g/mol. The molecule has 0 aliphatic carbocycles. The smallest absolute Gasteiger partial charge is 0.321 e. The van der Waals surface area contributed by atoms with E-state index in [0.29, 0.717) is 23.1 Å². The van der Waals surface area contributed by atoms with Gasteiger partial charge >= 0.3 is 6.01 Å². The first kappa shape index (κ1) is 18.8. The molecule has 0 radical (unpaired) electrons. The van der Waals surface area contributed by atoms with Crippen LogP contribution in [0.25, 0.3) is 11.5 Å². The van der Waals surface area contributed by atoms with Crippen LogP contribution < -0.4 is 4.74 Å². The van der Waals surface area contributed by atoms with Crippen molar-refractivity contribution in [2.45, 2.75) is 33.1 Å². The molecule has 6 heteroatoms. The molecule has 0 spiro atoms. The van der Waals surface area contributed by atoms with Gasteiger partial charge in [-0.2, -0.15) is 0 Å². The fraction of sp³-hybridized carbons (Fsp3) is 0.217. The van der Waals surface area contributed by atoms with Crippen molar-refractivity contribution in [3.63, 3.8) is 0 Å². The molecule has 6 nitrogen and oxygen atoms in total. The van der Waals surface area contributed by atoms with Crippen LogP contribution in [-0.2, 0) is 5.41 Å². The number of nitrogens with zero attached hydrogens (tertiary/aromatic N) is 4. The van der Waals surface area contributed by atoms with Crippen molar-refractivity contribution in [1.29, 1.82) is 0 Å². The molecule has 4 rings (SSSR count). The van der Waals surface area contributed by atoms with Gasteiger partial charge in [-0.1, -0.05) is 55.8 Å². The van der Waals surface area contributed by atoms with Crippen LogP contribution in [0, 0.1) is 13.8 Å². The summed E-state index contributed by atoms with van der Waals surface area (Å²) in [6, 6.07) is 16.9. The predicted octanol–water partition coefficient (Wildman–Crippen LogP) is 5.26. The van der Waals surface area contributed by atoms with Gasteiger partial charge in [-0.15, -0.1) is 10.2 Å². The van der Waals surface area contributed by atoms with E-state index in [-0.39, 0.29) is 11.4 Å². The summed E-state index contributed by atoms with van der Waals surface area (Å²) in [5.74, 6) is 1.56. The van der Waals surface area contributed by atoms with Crippen molar-refractivity contribution in [3.8, 4) is 23.2 Å². The monoisotopic (exact) mass is 386 g/mol. The lowest BCUT2D eigenvalue weighted by molar-refractivity contribution is 0.441. The summed E-state index contributed by atoms with van der Waals surface area (Å²) in [5.41, 5.74) is 4.28. The van der Waals surface area contributed by atoms with Crippen molar-refractivity contribution in [3.05, 3.63) is 83.5 Å². The Bertz CT molecular complexity index is 1100. The van der Waals surface area contributed by atoms with E-state index >= 15 is 0 Å². The Labute approximate surface area is 169 Å². The van der Waals surface area contributed by atoms with E-state index in [1.165, 1.54) is 16.7 Å². The molecule has 2 aromatic heterocycles. The van der Waals surface area contributed by atoms with Crippen LogP contribution in [0.3, 0.4) is 0 Å². The first-order valence-corrected chi connectivity index (χ1v) is 9.40. The minimum atomic E-state index is -0.105. The van der Waals surface area contributed by atoms with Crippen LogP contribution in [0.2, 0.25) is 0 Å². The van der Waals surface area contributed by atoms with Gasteiger partial charge in [0.05, 0.1) is 5.56 Å². The molecule has 0 atom stereocenters. The van der Waals surface area contributed by atoms with Gasteiger partial charge in [0.25, 0.3) is 5.89 Å². The maximum Gasteiger partial charge on any atom is 0.321 e. The van der Waals surface area contributed by atoms with Gasteiger partial charge in [0.2, 0.25) is 5.89 Å². The standard InChI is InChI=1S/C23H22N4O2/c1-15-5-7-18(8-6-15)23(3,4)19-9-11-20(12-10-19)29-22-24-13-17(14-25-22)21-27-26-16(2)28-21/h5-14H,1-4H3. The highest BCUT2D eigenvalue weighted by molar-refractivity contribution is 5.49. The minimum absolute atomic E-state index is 0.105. The summed E-state index contributed by atoms with van der Waals surface area (Å²) in [7, 11) is 0. The molecular weight excluding hydrogens is 364 g/mol. The van der Waals surface area contributed by atoms with Crippen LogP contribution in [0.4, 0.5) is 0 Å². The van der Waals surface area contributed by atoms with E-state index in [4.69, 9.17) is 9.15 Å². The second-order valence-electron chi connectivity index (χ2n) is 7.50. The van der Waals surface area contributed by atoms with Crippen molar-refractivity contribution < 1.29 is 9.15 Å². The highest BCUT2D eigenvalue weighted by Gasteiger charge is 2.23. The second kappa shape index (κ2) is 7.47. The molecule has 0 saturated heterocycles. The molecule has 146 valence electrons. The van der Waals surface area contributed by atoms with E-state index in [1.54, 1.807) is 19.3 Å². The molecule has 0 unspecified atom stereocenters.